The molecule has 0 bridgehead atoms. The van der Waals surface area contributed by atoms with Gasteiger partial charge in [-0.3, -0.25) is 9.78 Å². The second kappa shape index (κ2) is 7.62. The number of pyridine rings is 1. The van der Waals surface area contributed by atoms with Crippen molar-refractivity contribution in [1.82, 2.24) is 10.3 Å². The Morgan fingerprint density at radius 2 is 1.92 bits per heavy atom. The molecule has 1 amide bonds. The molecule has 1 heterocycles. The molecule has 0 radical (unpaired) electrons. The number of hydrogen-bond donors (Lipinski definition) is 1. The number of hydrogen-bond acceptors (Lipinski definition) is 3. The number of carbonyl (C=O) groups is 1. The number of carbonyl (C=O) groups excluding carboxylic acids is 1. The summed E-state index contributed by atoms with van der Waals surface area (Å²) in [6, 6.07) is 19.2. The first kappa shape index (κ1) is 16.7. The molecule has 0 saturated carbocycles. The Balaban J connectivity index is 1.81. The molecule has 0 spiro atoms. The molecular formula is C21H20N2O2. The lowest BCUT2D eigenvalue weighted by atomic mass is 10.0. The number of benzene rings is 2. The molecule has 126 valence electrons. The third kappa shape index (κ3) is 3.86. The highest BCUT2D eigenvalue weighted by Gasteiger charge is 2.12. The molecule has 0 aliphatic rings. The molecule has 0 saturated heterocycles. The van der Waals surface area contributed by atoms with Crippen LogP contribution in [-0.2, 0) is 6.54 Å². The highest BCUT2D eigenvalue weighted by molar-refractivity contribution is 5.96. The topological polar surface area (TPSA) is 51.2 Å². The van der Waals surface area contributed by atoms with E-state index in [9.17, 15) is 4.79 Å². The van der Waals surface area contributed by atoms with Gasteiger partial charge >= 0.3 is 0 Å². The number of nitrogens with zero attached hydrogens (tertiary/aromatic N) is 1. The van der Waals surface area contributed by atoms with Gasteiger partial charge in [0.05, 0.1) is 18.4 Å². The van der Waals surface area contributed by atoms with E-state index < -0.39 is 0 Å². The van der Waals surface area contributed by atoms with Gasteiger partial charge in [0.1, 0.15) is 5.75 Å². The van der Waals surface area contributed by atoms with Gasteiger partial charge in [-0.05, 0) is 36.8 Å². The second-order valence-electron chi connectivity index (χ2n) is 5.76. The first-order valence-electron chi connectivity index (χ1n) is 8.11. The number of nitrogens with one attached hydrogen (secondary N) is 1. The lowest BCUT2D eigenvalue weighted by Crippen LogP contribution is -2.23. The van der Waals surface area contributed by atoms with Crippen molar-refractivity contribution in [3.8, 4) is 17.0 Å². The van der Waals surface area contributed by atoms with Crippen molar-refractivity contribution < 1.29 is 9.53 Å². The lowest BCUT2D eigenvalue weighted by molar-refractivity contribution is 0.0948. The summed E-state index contributed by atoms with van der Waals surface area (Å²) in [5.41, 5.74) is 4.59. The molecular weight excluding hydrogens is 312 g/mol. The van der Waals surface area contributed by atoms with Gasteiger partial charge < -0.3 is 10.1 Å². The molecule has 4 heteroatoms. The Morgan fingerprint density at radius 3 is 2.72 bits per heavy atom. The van der Waals surface area contributed by atoms with Gasteiger partial charge in [-0.2, -0.15) is 0 Å². The molecule has 0 aliphatic carbocycles. The van der Waals surface area contributed by atoms with E-state index in [1.165, 1.54) is 5.56 Å². The smallest absolute Gasteiger partial charge is 0.255 e. The summed E-state index contributed by atoms with van der Waals surface area (Å²) < 4.78 is 5.25. The first-order valence-corrected chi connectivity index (χ1v) is 8.11. The molecule has 0 fully saturated rings. The monoisotopic (exact) mass is 332 g/mol. The maximum absolute atomic E-state index is 12.5. The Hall–Kier alpha value is -3.14. The lowest BCUT2D eigenvalue weighted by Gasteiger charge is -2.12. The van der Waals surface area contributed by atoms with Crippen LogP contribution in [0.1, 0.15) is 21.5 Å². The number of amides is 1. The molecule has 4 nitrogen and oxygen atoms in total. The van der Waals surface area contributed by atoms with Crippen LogP contribution in [0.5, 0.6) is 5.75 Å². The molecule has 0 atom stereocenters. The Morgan fingerprint density at radius 1 is 1.08 bits per heavy atom. The van der Waals surface area contributed by atoms with Crippen LogP contribution >= 0.6 is 0 Å². The number of para-hydroxylation sites is 1. The van der Waals surface area contributed by atoms with E-state index in [0.29, 0.717) is 17.9 Å². The van der Waals surface area contributed by atoms with Crippen LogP contribution in [0, 0.1) is 6.92 Å². The predicted octanol–water partition coefficient (Wildman–Crippen LogP) is 4.00. The van der Waals surface area contributed by atoms with Crippen LogP contribution in [0.4, 0.5) is 0 Å². The molecule has 2 aromatic carbocycles. The Bertz CT molecular complexity index is 890. The number of methoxy groups -OCH3 is 1. The van der Waals surface area contributed by atoms with Crippen LogP contribution < -0.4 is 10.1 Å². The van der Waals surface area contributed by atoms with E-state index in [4.69, 9.17) is 4.74 Å². The van der Waals surface area contributed by atoms with Crippen molar-refractivity contribution in [3.05, 3.63) is 83.6 Å². The van der Waals surface area contributed by atoms with Crippen LogP contribution in [0.3, 0.4) is 0 Å². The molecule has 3 rings (SSSR count). The third-order valence-corrected chi connectivity index (χ3v) is 3.97. The summed E-state index contributed by atoms with van der Waals surface area (Å²) in [5, 5.41) is 2.96. The average molecular weight is 332 g/mol. The predicted molar refractivity (Wildman–Crippen MR) is 98.6 cm³/mol. The van der Waals surface area contributed by atoms with E-state index in [-0.39, 0.29) is 5.91 Å². The summed E-state index contributed by atoms with van der Waals surface area (Å²) in [6.07, 6.45) is 1.77. The van der Waals surface area contributed by atoms with Gasteiger partial charge in [0.2, 0.25) is 0 Å². The molecule has 25 heavy (non-hydrogen) atoms. The minimum atomic E-state index is -0.170. The largest absolute Gasteiger partial charge is 0.496 e. The van der Waals surface area contributed by atoms with Crippen LogP contribution in [0.15, 0.2) is 66.9 Å². The molecule has 1 aromatic heterocycles. The van der Waals surface area contributed by atoms with Crippen LogP contribution in [-0.4, -0.2) is 18.0 Å². The SMILES string of the molecule is COc1ccccc1C(=O)NCc1cccnc1-c1cccc(C)c1. The zero-order chi connectivity index (χ0) is 17.6. The maximum Gasteiger partial charge on any atom is 0.255 e. The van der Waals surface area contributed by atoms with Crippen LogP contribution in [0.2, 0.25) is 0 Å². The van der Waals surface area contributed by atoms with Gasteiger partial charge in [-0.25, -0.2) is 0 Å². The van der Waals surface area contributed by atoms with Gasteiger partial charge in [0.25, 0.3) is 5.91 Å². The van der Waals surface area contributed by atoms with E-state index in [1.54, 1.807) is 25.4 Å². The minimum Gasteiger partial charge on any atom is -0.496 e. The van der Waals surface area contributed by atoms with E-state index in [1.807, 2.05) is 36.4 Å². The summed E-state index contributed by atoms with van der Waals surface area (Å²) in [4.78, 5) is 17.0. The highest BCUT2D eigenvalue weighted by Crippen LogP contribution is 2.22. The van der Waals surface area contributed by atoms with Crippen molar-refractivity contribution in [2.75, 3.05) is 7.11 Å². The summed E-state index contributed by atoms with van der Waals surface area (Å²) in [5.74, 6) is 0.390. The van der Waals surface area contributed by atoms with Gasteiger partial charge in [0.15, 0.2) is 0 Å². The maximum atomic E-state index is 12.5. The first-order chi connectivity index (χ1) is 12.2. The van der Waals surface area contributed by atoms with Gasteiger partial charge in [-0.15, -0.1) is 0 Å². The fourth-order valence-corrected chi connectivity index (χ4v) is 2.74. The number of rotatable bonds is 5. The number of aromatic nitrogens is 1. The summed E-state index contributed by atoms with van der Waals surface area (Å²) >= 11 is 0. The number of ether oxygens (including phenoxy) is 1. The van der Waals surface area contributed by atoms with Gasteiger partial charge in [-0.1, -0.05) is 42.0 Å². The average Bonchev–Trinajstić information content (AvgIpc) is 2.66. The Kier molecular flexibility index (Phi) is 5.09. The van der Waals surface area contributed by atoms with E-state index in [0.717, 1.165) is 16.8 Å². The van der Waals surface area contributed by atoms with Crippen LogP contribution in [0.25, 0.3) is 11.3 Å². The van der Waals surface area contributed by atoms with Crippen molar-refractivity contribution in [2.45, 2.75) is 13.5 Å². The summed E-state index contributed by atoms with van der Waals surface area (Å²) in [7, 11) is 1.56. The van der Waals surface area contributed by atoms with Crippen molar-refractivity contribution in [3.63, 3.8) is 0 Å². The highest BCUT2D eigenvalue weighted by atomic mass is 16.5. The van der Waals surface area contributed by atoms with Crippen molar-refractivity contribution in [2.24, 2.45) is 0 Å². The minimum absolute atomic E-state index is 0.170. The van der Waals surface area contributed by atoms with E-state index >= 15 is 0 Å². The summed E-state index contributed by atoms with van der Waals surface area (Å²) in [6.45, 7) is 2.45. The zero-order valence-corrected chi connectivity index (χ0v) is 14.3. The quantitative estimate of drug-likeness (QED) is 0.768. The van der Waals surface area contributed by atoms with Gasteiger partial charge in [0, 0.05) is 18.3 Å². The van der Waals surface area contributed by atoms with Crippen molar-refractivity contribution >= 4 is 5.91 Å². The molecule has 0 aliphatic heterocycles. The molecule has 3 aromatic rings. The fourth-order valence-electron chi connectivity index (χ4n) is 2.74. The van der Waals surface area contributed by atoms with Crippen molar-refractivity contribution in [1.29, 1.82) is 0 Å². The standard InChI is InChI=1S/C21H20N2O2/c1-15-7-5-8-16(13-15)20-17(9-6-12-22-20)14-23-21(24)18-10-3-4-11-19(18)25-2/h3-13H,14H2,1-2H3,(H,23,24). The number of aryl methyl sites for hydroxylation is 1. The molecule has 1 N–H and O–H groups in total. The second-order valence-corrected chi connectivity index (χ2v) is 5.76. The fraction of sp³-hybridized carbons (Fsp3) is 0.143. The zero-order valence-electron chi connectivity index (χ0n) is 14.3. The third-order valence-electron chi connectivity index (χ3n) is 3.97. The van der Waals surface area contributed by atoms with E-state index in [2.05, 4.69) is 29.4 Å². The normalized spacial score (nSPS) is 10.3. The molecule has 0 unspecified atom stereocenters. The Labute approximate surface area is 147 Å².